The molecule has 3 saturated heterocycles. The lowest BCUT2D eigenvalue weighted by molar-refractivity contribution is -0.0752. The molecule has 4 heterocycles. The molecule has 1 N–H and O–H groups in total. The Kier molecular flexibility index (Phi) is 5.46. The minimum Gasteiger partial charge on any atom is -0.508 e. The molecule has 4 heteroatoms. The van der Waals surface area contributed by atoms with Crippen molar-refractivity contribution in [1.29, 1.82) is 0 Å². The molecule has 0 spiro atoms. The summed E-state index contributed by atoms with van der Waals surface area (Å²) in [5.41, 5.74) is 2.06. The number of rotatable bonds is 7. The van der Waals surface area contributed by atoms with Crippen LogP contribution in [0.2, 0.25) is 0 Å². The number of hydrogen-bond acceptors (Lipinski definition) is 4. The highest BCUT2D eigenvalue weighted by atomic mass is 16.5. The van der Waals surface area contributed by atoms with Crippen molar-refractivity contribution in [1.82, 2.24) is 9.88 Å². The Morgan fingerprint density at radius 1 is 1.41 bits per heavy atom. The second-order valence-corrected chi connectivity index (χ2v) is 7.99. The molecule has 0 amide bonds. The van der Waals surface area contributed by atoms with Crippen LogP contribution in [0.25, 0.3) is 10.9 Å². The molecule has 144 valence electrons. The zero-order valence-corrected chi connectivity index (χ0v) is 16.2. The summed E-state index contributed by atoms with van der Waals surface area (Å²) >= 11 is 0. The van der Waals surface area contributed by atoms with Gasteiger partial charge in [0.05, 0.1) is 11.6 Å². The fourth-order valence-electron chi connectivity index (χ4n) is 4.86. The van der Waals surface area contributed by atoms with E-state index in [-0.39, 0.29) is 11.9 Å². The molecule has 3 aliphatic heterocycles. The van der Waals surface area contributed by atoms with Gasteiger partial charge in [0.15, 0.2) is 0 Å². The van der Waals surface area contributed by atoms with Crippen LogP contribution in [0.15, 0.2) is 43.1 Å². The number of ether oxygens (including phenoxy) is 1. The number of fused-ring (bicyclic) bond motifs is 4. The van der Waals surface area contributed by atoms with Gasteiger partial charge in [0, 0.05) is 30.8 Å². The van der Waals surface area contributed by atoms with Gasteiger partial charge in [-0.15, -0.1) is 6.58 Å². The van der Waals surface area contributed by atoms with E-state index in [1.54, 1.807) is 6.07 Å². The Labute approximate surface area is 161 Å². The molecule has 0 aliphatic carbocycles. The number of unbranched alkanes of at least 4 members (excludes halogenated alkanes) is 1. The first-order valence-corrected chi connectivity index (χ1v) is 10.3. The number of pyridine rings is 1. The van der Waals surface area contributed by atoms with Crippen molar-refractivity contribution in [3.05, 3.63) is 48.7 Å². The van der Waals surface area contributed by atoms with Crippen LogP contribution in [0.3, 0.4) is 0 Å². The van der Waals surface area contributed by atoms with Crippen molar-refractivity contribution in [3.8, 4) is 5.75 Å². The maximum Gasteiger partial charge on any atom is 0.116 e. The van der Waals surface area contributed by atoms with Crippen molar-refractivity contribution in [2.24, 2.45) is 11.8 Å². The summed E-state index contributed by atoms with van der Waals surface area (Å²) in [6.45, 7) is 9.23. The topological polar surface area (TPSA) is 45.6 Å². The van der Waals surface area contributed by atoms with Gasteiger partial charge in [-0.3, -0.25) is 9.88 Å². The normalized spacial score (nSPS) is 28.3. The molecule has 0 saturated carbocycles. The molecular formula is C23H30N2O2. The molecule has 0 radical (unpaired) electrons. The summed E-state index contributed by atoms with van der Waals surface area (Å²) in [6.07, 6.45) is 8.62. The first-order chi connectivity index (χ1) is 13.2. The number of phenolic OH excluding ortho intramolecular Hbond substituents is 1. The lowest BCUT2D eigenvalue weighted by Crippen LogP contribution is -2.55. The largest absolute Gasteiger partial charge is 0.508 e. The number of benzene rings is 1. The molecule has 3 aliphatic rings. The molecule has 27 heavy (non-hydrogen) atoms. The number of aromatic hydroxyl groups is 1. The van der Waals surface area contributed by atoms with Crippen molar-refractivity contribution in [3.63, 3.8) is 0 Å². The van der Waals surface area contributed by atoms with Crippen LogP contribution in [0.1, 0.15) is 44.3 Å². The second kappa shape index (κ2) is 7.99. The number of phenols is 1. The molecule has 4 nitrogen and oxygen atoms in total. The number of hydrogen-bond donors (Lipinski definition) is 1. The third-order valence-corrected chi connectivity index (χ3v) is 6.36. The van der Waals surface area contributed by atoms with E-state index >= 15 is 0 Å². The van der Waals surface area contributed by atoms with E-state index in [2.05, 4.69) is 35.5 Å². The first-order valence-electron chi connectivity index (χ1n) is 10.3. The highest BCUT2D eigenvalue weighted by molar-refractivity contribution is 5.83. The average Bonchev–Trinajstić information content (AvgIpc) is 2.71. The quantitative estimate of drug-likeness (QED) is 0.570. The predicted molar refractivity (Wildman–Crippen MR) is 109 cm³/mol. The van der Waals surface area contributed by atoms with Gasteiger partial charge in [-0.2, -0.15) is 0 Å². The monoisotopic (exact) mass is 366 g/mol. The van der Waals surface area contributed by atoms with Crippen LogP contribution < -0.4 is 0 Å². The van der Waals surface area contributed by atoms with E-state index in [4.69, 9.17) is 4.74 Å². The Morgan fingerprint density at radius 2 is 2.30 bits per heavy atom. The second-order valence-electron chi connectivity index (χ2n) is 7.99. The highest BCUT2D eigenvalue weighted by Crippen LogP contribution is 2.43. The third kappa shape index (κ3) is 3.61. The van der Waals surface area contributed by atoms with Gasteiger partial charge in [0.25, 0.3) is 0 Å². The zero-order chi connectivity index (χ0) is 18.8. The lowest BCUT2D eigenvalue weighted by Gasteiger charge is -2.51. The van der Waals surface area contributed by atoms with E-state index in [9.17, 15) is 5.11 Å². The number of nitrogens with zero attached hydrogens (tertiary/aromatic N) is 2. The van der Waals surface area contributed by atoms with Crippen molar-refractivity contribution < 1.29 is 9.84 Å². The molecule has 1 aromatic heterocycles. The third-order valence-electron chi connectivity index (χ3n) is 6.36. The average molecular weight is 367 g/mol. The van der Waals surface area contributed by atoms with E-state index in [0.29, 0.717) is 17.9 Å². The molecule has 1 unspecified atom stereocenters. The van der Waals surface area contributed by atoms with Crippen molar-refractivity contribution in [2.75, 3.05) is 19.7 Å². The molecule has 5 rings (SSSR count). The van der Waals surface area contributed by atoms with Crippen LogP contribution in [0.4, 0.5) is 0 Å². The smallest absolute Gasteiger partial charge is 0.116 e. The predicted octanol–water partition coefficient (Wildman–Crippen LogP) is 4.69. The summed E-state index contributed by atoms with van der Waals surface area (Å²) in [6, 6.07) is 7.87. The summed E-state index contributed by atoms with van der Waals surface area (Å²) in [7, 11) is 0. The first kappa shape index (κ1) is 18.5. The Balaban J connectivity index is 1.70. The van der Waals surface area contributed by atoms with Crippen molar-refractivity contribution in [2.45, 2.75) is 44.8 Å². The lowest BCUT2D eigenvalue weighted by atomic mass is 9.73. The minimum atomic E-state index is 0.0115. The summed E-state index contributed by atoms with van der Waals surface area (Å²) < 4.78 is 6.50. The van der Waals surface area contributed by atoms with Gasteiger partial charge < -0.3 is 9.84 Å². The summed E-state index contributed by atoms with van der Waals surface area (Å²) in [5, 5.41) is 11.0. The molecule has 5 atom stereocenters. The van der Waals surface area contributed by atoms with Crippen LogP contribution in [-0.4, -0.2) is 40.7 Å². The van der Waals surface area contributed by atoms with Crippen LogP contribution in [0, 0.1) is 11.8 Å². The van der Waals surface area contributed by atoms with E-state index < -0.39 is 0 Å². The highest BCUT2D eigenvalue weighted by Gasteiger charge is 2.43. The standard InChI is InChI=1S/C23H30N2O2/c1-3-5-12-27-23(22-13-17-9-11-25(22)15-16(17)4-2)19-8-10-24-21-7-6-18(26)14-20(19)21/h4,6-8,10,14,16-17,22-23,26H,2-3,5,9,11-13,15H2,1H3/t16-,17-,22-,23+/m0/s1. The number of piperidine rings is 3. The maximum absolute atomic E-state index is 10.0. The molecule has 2 aromatic rings. The van der Waals surface area contributed by atoms with Crippen LogP contribution >= 0.6 is 0 Å². The zero-order valence-electron chi connectivity index (χ0n) is 16.2. The van der Waals surface area contributed by atoms with Crippen LogP contribution in [0.5, 0.6) is 5.75 Å². The fraction of sp³-hybridized carbons (Fsp3) is 0.522. The molecule has 2 bridgehead atoms. The van der Waals surface area contributed by atoms with E-state index in [1.807, 2.05) is 18.3 Å². The Hall–Kier alpha value is -1.91. The van der Waals surface area contributed by atoms with Gasteiger partial charge in [-0.25, -0.2) is 0 Å². The number of aromatic nitrogens is 1. The SMILES string of the molecule is C=C[C@H]1CN2CC[C@H]1C[C@H]2[C@H](OCCCC)c1ccnc2ccc(O)cc12. The van der Waals surface area contributed by atoms with E-state index in [1.165, 1.54) is 6.42 Å². The summed E-state index contributed by atoms with van der Waals surface area (Å²) in [5.74, 6) is 1.59. The fourth-order valence-corrected chi connectivity index (χ4v) is 4.86. The van der Waals surface area contributed by atoms with E-state index in [0.717, 1.165) is 55.4 Å². The molecule has 1 aromatic carbocycles. The van der Waals surface area contributed by atoms with Gasteiger partial charge >= 0.3 is 0 Å². The Bertz CT molecular complexity index is 806. The maximum atomic E-state index is 10.0. The van der Waals surface area contributed by atoms with Gasteiger partial charge in [0.1, 0.15) is 5.75 Å². The van der Waals surface area contributed by atoms with Crippen LogP contribution in [-0.2, 0) is 4.74 Å². The van der Waals surface area contributed by atoms with Gasteiger partial charge in [-0.1, -0.05) is 19.4 Å². The molecule has 3 fully saturated rings. The minimum absolute atomic E-state index is 0.0115. The van der Waals surface area contributed by atoms with Crippen molar-refractivity contribution >= 4 is 10.9 Å². The molecular weight excluding hydrogens is 336 g/mol. The Morgan fingerprint density at radius 3 is 3.04 bits per heavy atom. The van der Waals surface area contributed by atoms with Gasteiger partial charge in [-0.05, 0) is 67.5 Å². The summed E-state index contributed by atoms with van der Waals surface area (Å²) in [4.78, 5) is 7.08. The van der Waals surface area contributed by atoms with Gasteiger partial charge in [0.2, 0.25) is 0 Å².